The lowest BCUT2D eigenvalue weighted by molar-refractivity contribution is -0.128. The van der Waals surface area contributed by atoms with Crippen LogP contribution in [-0.2, 0) is 22.6 Å². The van der Waals surface area contributed by atoms with Gasteiger partial charge in [0.1, 0.15) is 18.2 Å². The van der Waals surface area contributed by atoms with Crippen molar-refractivity contribution in [3.05, 3.63) is 59.7 Å². The molecule has 0 fully saturated rings. The predicted molar refractivity (Wildman–Crippen MR) is 102 cm³/mol. The number of methoxy groups -OCH3 is 1. The highest BCUT2D eigenvalue weighted by Gasteiger charge is 2.20. The van der Waals surface area contributed by atoms with Crippen LogP contribution in [0.5, 0.6) is 11.5 Å². The third kappa shape index (κ3) is 5.45. The first-order valence-electron chi connectivity index (χ1n) is 8.92. The Kier molecular flexibility index (Phi) is 7.39. The summed E-state index contributed by atoms with van der Waals surface area (Å²) < 4.78 is 11.5. The number of hydrogen-bond donors (Lipinski definition) is 0. The number of Topliss-reactive ketones (excluding diaryl/α,β-unsaturated/α-hetero) is 2. The Morgan fingerprint density at radius 3 is 2.42 bits per heavy atom. The lowest BCUT2D eigenvalue weighted by Crippen LogP contribution is -2.17. The number of para-hydroxylation sites is 1. The zero-order valence-electron chi connectivity index (χ0n) is 15.7. The average molecular weight is 354 g/mol. The lowest BCUT2D eigenvalue weighted by atomic mass is 9.93. The van der Waals surface area contributed by atoms with Crippen molar-refractivity contribution in [3.8, 4) is 11.5 Å². The number of benzene rings is 2. The molecule has 0 aliphatic heterocycles. The van der Waals surface area contributed by atoms with Gasteiger partial charge in [-0.1, -0.05) is 56.3 Å². The van der Waals surface area contributed by atoms with Crippen LogP contribution in [0.15, 0.2) is 48.5 Å². The molecule has 4 heteroatoms. The van der Waals surface area contributed by atoms with Crippen molar-refractivity contribution in [2.45, 2.75) is 39.7 Å². The predicted octanol–water partition coefficient (Wildman–Crippen LogP) is 4.39. The van der Waals surface area contributed by atoms with E-state index in [4.69, 9.17) is 9.47 Å². The van der Waals surface area contributed by atoms with Crippen molar-refractivity contribution in [1.29, 1.82) is 0 Å². The van der Waals surface area contributed by atoms with E-state index in [1.54, 1.807) is 14.0 Å². The highest BCUT2D eigenvalue weighted by molar-refractivity contribution is 5.99. The second kappa shape index (κ2) is 9.76. The minimum Gasteiger partial charge on any atom is -0.493 e. The maximum Gasteiger partial charge on any atom is 0.164 e. The normalized spacial score (nSPS) is 11.7. The molecule has 1 atom stereocenters. The fourth-order valence-corrected chi connectivity index (χ4v) is 2.71. The Morgan fingerprint density at radius 1 is 1.04 bits per heavy atom. The maximum atomic E-state index is 12.3. The van der Waals surface area contributed by atoms with E-state index in [0.717, 1.165) is 11.1 Å². The van der Waals surface area contributed by atoms with Gasteiger partial charge in [-0.3, -0.25) is 9.59 Å². The number of rotatable bonds is 10. The van der Waals surface area contributed by atoms with Gasteiger partial charge in [-0.15, -0.1) is 0 Å². The molecule has 0 aliphatic carbocycles. The summed E-state index contributed by atoms with van der Waals surface area (Å²) in [5.41, 5.74) is 1.96. The summed E-state index contributed by atoms with van der Waals surface area (Å²) in [4.78, 5) is 23.8. The standard InChI is InChI=1S/C22H26O4/c1-4-19(23)14-20(24)16(2)13-18-11-8-12-21(25-3)22(18)26-15-17-9-6-5-7-10-17/h5-12,16H,4,13-15H2,1-3H3. The van der Waals surface area contributed by atoms with Crippen LogP contribution in [0, 0.1) is 5.92 Å². The number of hydrogen-bond acceptors (Lipinski definition) is 4. The fraction of sp³-hybridized carbons (Fsp3) is 0.364. The van der Waals surface area contributed by atoms with E-state index in [9.17, 15) is 9.59 Å². The molecule has 0 amide bonds. The molecule has 138 valence electrons. The molecule has 0 aliphatic rings. The van der Waals surface area contributed by atoms with Crippen molar-refractivity contribution in [3.63, 3.8) is 0 Å². The van der Waals surface area contributed by atoms with Gasteiger partial charge < -0.3 is 9.47 Å². The molecular weight excluding hydrogens is 328 g/mol. The molecular formula is C22H26O4. The minimum absolute atomic E-state index is 0.00183. The first-order chi connectivity index (χ1) is 12.5. The van der Waals surface area contributed by atoms with Crippen LogP contribution in [-0.4, -0.2) is 18.7 Å². The second-order valence-electron chi connectivity index (χ2n) is 6.36. The summed E-state index contributed by atoms with van der Waals surface area (Å²) in [6.07, 6.45) is 0.905. The van der Waals surface area contributed by atoms with E-state index in [0.29, 0.717) is 30.9 Å². The minimum atomic E-state index is -0.253. The third-order valence-corrected chi connectivity index (χ3v) is 4.35. The molecule has 0 N–H and O–H groups in total. The first kappa shape index (κ1) is 19.7. The number of carbonyl (C=O) groups is 2. The van der Waals surface area contributed by atoms with Crippen LogP contribution in [0.4, 0.5) is 0 Å². The molecule has 2 rings (SSSR count). The number of ether oxygens (including phenoxy) is 2. The molecule has 2 aromatic carbocycles. The smallest absolute Gasteiger partial charge is 0.164 e. The average Bonchev–Trinajstić information content (AvgIpc) is 2.67. The van der Waals surface area contributed by atoms with E-state index in [1.165, 1.54) is 0 Å². The van der Waals surface area contributed by atoms with Crippen molar-refractivity contribution in [2.24, 2.45) is 5.92 Å². The fourth-order valence-electron chi connectivity index (χ4n) is 2.71. The van der Waals surface area contributed by atoms with Crippen molar-refractivity contribution >= 4 is 11.6 Å². The van der Waals surface area contributed by atoms with Crippen molar-refractivity contribution in [2.75, 3.05) is 7.11 Å². The summed E-state index contributed by atoms with van der Waals surface area (Å²) in [5, 5.41) is 0. The van der Waals surface area contributed by atoms with E-state index < -0.39 is 0 Å². The van der Waals surface area contributed by atoms with E-state index in [1.807, 2.05) is 55.5 Å². The topological polar surface area (TPSA) is 52.6 Å². The van der Waals surface area contributed by atoms with E-state index >= 15 is 0 Å². The van der Waals surface area contributed by atoms with Gasteiger partial charge in [-0.05, 0) is 23.6 Å². The van der Waals surface area contributed by atoms with Gasteiger partial charge in [0.15, 0.2) is 11.5 Å². The van der Waals surface area contributed by atoms with Gasteiger partial charge in [0.05, 0.1) is 13.5 Å². The molecule has 4 nitrogen and oxygen atoms in total. The maximum absolute atomic E-state index is 12.3. The van der Waals surface area contributed by atoms with Gasteiger partial charge in [0.25, 0.3) is 0 Å². The molecule has 0 heterocycles. The van der Waals surface area contributed by atoms with Gasteiger partial charge in [0, 0.05) is 12.3 Å². The summed E-state index contributed by atoms with van der Waals surface area (Å²) in [6, 6.07) is 15.6. The molecule has 0 aromatic heterocycles. The number of ketones is 2. The van der Waals surface area contributed by atoms with Crippen molar-refractivity contribution < 1.29 is 19.1 Å². The van der Waals surface area contributed by atoms with E-state index in [-0.39, 0.29) is 23.9 Å². The molecule has 1 unspecified atom stereocenters. The quantitative estimate of drug-likeness (QED) is 0.594. The SMILES string of the molecule is CCC(=O)CC(=O)C(C)Cc1cccc(OC)c1OCc1ccccc1. The van der Waals surface area contributed by atoms with Gasteiger partial charge in [-0.2, -0.15) is 0 Å². The van der Waals surface area contributed by atoms with Gasteiger partial charge >= 0.3 is 0 Å². The van der Waals surface area contributed by atoms with Gasteiger partial charge in [0.2, 0.25) is 0 Å². The monoisotopic (exact) mass is 354 g/mol. The second-order valence-corrected chi connectivity index (χ2v) is 6.36. The first-order valence-corrected chi connectivity index (χ1v) is 8.92. The van der Waals surface area contributed by atoms with Crippen LogP contribution in [0.1, 0.15) is 37.8 Å². The molecule has 0 saturated carbocycles. The van der Waals surface area contributed by atoms with Crippen LogP contribution in [0.3, 0.4) is 0 Å². The Morgan fingerprint density at radius 2 is 1.77 bits per heavy atom. The molecule has 26 heavy (non-hydrogen) atoms. The lowest BCUT2D eigenvalue weighted by Gasteiger charge is -2.17. The molecule has 0 spiro atoms. The van der Waals surface area contributed by atoms with Crippen LogP contribution >= 0.6 is 0 Å². The largest absolute Gasteiger partial charge is 0.493 e. The van der Waals surface area contributed by atoms with E-state index in [2.05, 4.69) is 0 Å². The summed E-state index contributed by atoms with van der Waals surface area (Å²) in [6.45, 7) is 4.05. The van der Waals surface area contributed by atoms with Crippen LogP contribution < -0.4 is 9.47 Å². The summed E-state index contributed by atoms with van der Waals surface area (Å²) in [7, 11) is 1.60. The molecule has 0 radical (unpaired) electrons. The summed E-state index contributed by atoms with van der Waals surface area (Å²) >= 11 is 0. The molecule has 0 saturated heterocycles. The summed E-state index contributed by atoms with van der Waals surface area (Å²) in [5.74, 6) is 0.987. The van der Waals surface area contributed by atoms with Gasteiger partial charge in [-0.25, -0.2) is 0 Å². The Labute approximate surface area is 155 Å². The zero-order valence-corrected chi connectivity index (χ0v) is 15.7. The van der Waals surface area contributed by atoms with Crippen LogP contribution in [0.25, 0.3) is 0 Å². The Hall–Kier alpha value is -2.62. The zero-order chi connectivity index (χ0) is 18.9. The molecule has 0 bridgehead atoms. The highest BCUT2D eigenvalue weighted by Crippen LogP contribution is 2.33. The molecule has 2 aromatic rings. The third-order valence-electron chi connectivity index (χ3n) is 4.35. The number of carbonyl (C=O) groups excluding carboxylic acids is 2. The Bertz CT molecular complexity index is 737. The van der Waals surface area contributed by atoms with Crippen molar-refractivity contribution in [1.82, 2.24) is 0 Å². The Balaban J connectivity index is 2.14. The van der Waals surface area contributed by atoms with Crippen LogP contribution in [0.2, 0.25) is 0 Å². The highest BCUT2D eigenvalue weighted by atomic mass is 16.5.